The topological polar surface area (TPSA) is 42.2 Å². The second-order valence-corrected chi connectivity index (χ2v) is 3.78. The summed E-state index contributed by atoms with van der Waals surface area (Å²) < 4.78 is 0. The van der Waals surface area contributed by atoms with Crippen LogP contribution in [0.1, 0.15) is 5.56 Å². The summed E-state index contributed by atoms with van der Waals surface area (Å²) in [4.78, 5) is 6.07. The maximum Gasteiger partial charge on any atom is 0.0741 e. The van der Waals surface area contributed by atoms with Crippen LogP contribution in [0.25, 0.3) is 0 Å². The van der Waals surface area contributed by atoms with Gasteiger partial charge in [0.05, 0.1) is 17.6 Å². The number of anilines is 3. The van der Waals surface area contributed by atoms with Crippen LogP contribution in [0.2, 0.25) is 0 Å². The number of nitrogen functional groups attached to an aromatic ring is 1. The van der Waals surface area contributed by atoms with Crippen molar-refractivity contribution in [3.8, 4) is 0 Å². The summed E-state index contributed by atoms with van der Waals surface area (Å²) in [6.07, 6.45) is 3.42. The molecule has 3 nitrogen and oxygen atoms in total. The first-order valence-corrected chi connectivity index (χ1v) is 5.19. The Kier molecular flexibility index (Phi) is 2.77. The van der Waals surface area contributed by atoms with Crippen molar-refractivity contribution in [2.24, 2.45) is 0 Å². The van der Waals surface area contributed by atoms with Crippen LogP contribution in [0, 0.1) is 6.92 Å². The van der Waals surface area contributed by atoms with Crippen molar-refractivity contribution in [1.82, 2.24) is 4.98 Å². The van der Waals surface area contributed by atoms with Gasteiger partial charge in [-0.15, -0.1) is 0 Å². The molecular formula is C13H15N3. The Morgan fingerprint density at radius 2 is 1.88 bits per heavy atom. The van der Waals surface area contributed by atoms with Gasteiger partial charge in [0.2, 0.25) is 0 Å². The van der Waals surface area contributed by atoms with Gasteiger partial charge in [-0.1, -0.05) is 18.2 Å². The number of aryl methyl sites for hydroxylation is 1. The number of rotatable bonds is 2. The zero-order valence-electron chi connectivity index (χ0n) is 9.51. The van der Waals surface area contributed by atoms with E-state index in [9.17, 15) is 0 Å². The van der Waals surface area contributed by atoms with Crippen LogP contribution in [-0.2, 0) is 0 Å². The molecule has 0 bridgehead atoms. The van der Waals surface area contributed by atoms with Crippen LogP contribution in [0.5, 0.6) is 0 Å². The number of nitrogens with two attached hydrogens (primary N) is 1. The first-order valence-electron chi connectivity index (χ1n) is 5.19. The van der Waals surface area contributed by atoms with Crippen molar-refractivity contribution in [3.63, 3.8) is 0 Å². The van der Waals surface area contributed by atoms with Crippen LogP contribution in [-0.4, -0.2) is 12.0 Å². The predicted molar refractivity (Wildman–Crippen MR) is 67.9 cm³/mol. The van der Waals surface area contributed by atoms with Gasteiger partial charge in [-0.05, 0) is 24.6 Å². The monoisotopic (exact) mass is 213 g/mol. The third kappa shape index (κ3) is 1.84. The first-order chi connectivity index (χ1) is 7.70. The molecule has 0 amide bonds. The fourth-order valence-electron chi connectivity index (χ4n) is 1.77. The Morgan fingerprint density at radius 3 is 2.56 bits per heavy atom. The predicted octanol–water partition coefficient (Wildman–Crippen LogP) is 2.74. The van der Waals surface area contributed by atoms with Crippen LogP contribution in [0.4, 0.5) is 17.1 Å². The number of pyridine rings is 1. The SMILES string of the molecule is Cc1ccccc1N(C)c1ccncc1N. The van der Waals surface area contributed by atoms with Gasteiger partial charge in [0.15, 0.2) is 0 Å². The smallest absolute Gasteiger partial charge is 0.0741 e. The molecule has 0 atom stereocenters. The number of hydrogen-bond acceptors (Lipinski definition) is 3. The Hall–Kier alpha value is -2.03. The van der Waals surface area contributed by atoms with Crippen molar-refractivity contribution in [1.29, 1.82) is 0 Å². The summed E-state index contributed by atoms with van der Waals surface area (Å²) >= 11 is 0. The summed E-state index contributed by atoms with van der Waals surface area (Å²) in [5.74, 6) is 0. The van der Waals surface area contributed by atoms with Gasteiger partial charge in [-0.2, -0.15) is 0 Å². The summed E-state index contributed by atoms with van der Waals surface area (Å²) in [5.41, 5.74) is 9.95. The number of para-hydroxylation sites is 1. The van der Waals surface area contributed by atoms with Crippen LogP contribution < -0.4 is 10.6 Å². The molecule has 0 saturated heterocycles. The summed E-state index contributed by atoms with van der Waals surface area (Å²) in [5, 5.41) is 0. The van der Waals surface area contributed by atoms with Gasteiger partial charge in [0, 0.05) is 18.9 Å². The van der Waals surface area contributed by atoms with Gasteiger partial charge in [-0.3, -0.25) is 4.98 Å². The molecule has 1 aromatic carbocycles. The maximum atomic E-state index is 5.90. The van der Waals surface area contributed by atoms with Crippen LogP contribution in [0.3, 0.4) is 0 Å². The number of hydrogen-bond donors (Lipinski definition) is 1. The molecule has 2 N–H and O–H groups in total. The van der Waals surface area contributed by atoms with Gasteiger partial charge < -0.3 is 10.6 Å². The number of aromatic nitrogens is 1. The Morgan fingerprint density at radius 1 is 1.12 bits per heavy atom. The molecule has 0 saturated carbocycles. The van der Waals surface area contributed by atoms with E-state index >= 15 is 0 Å². The first kappa shape index (κ1) is 10.5. The minimum Gasteiger partial charge on any atom is -0.396 e. The van der Waals surface area contributed by atoms with Crippen molar-refractivity contribution >= 4 is 17.1 Å². The van der Waals surface area contributed by atoms with Crippen molar-refractivity contribution in [3.05, 3.63) is 48.3 Å². The van der Waals surface area contributed by atoms with E-state index in [0.29, 0.717) is 5.69 Å². The number of nitrogens with zero attached hydrogens (tertiary/aromatic N) is 2. The molecule has 16 heavy (non-hydrogen) atoms. The third-order valence-corrected chi connectivity index (χ3v) is 2.67. The highest BCUT2D eigenvalue weighted by molar-refractivity contribution is 5.74. The molecule has 1 aromatic heterocycles. The highest BCUT2D eigenvalue weighted by Crippen LogP contribution is 2.29. The van der Waals surface area contributed by atoms with Crippen molar-refractivity contribution in [2.75, 3.05) is 17.7 Å². The molecule has 2 aromatic rings. The fourth-order valence-corrected chi connectivity index (χ4v) is 1.77. The second-order valence-electron chi connectivity index (χ2n) is 3.78. The molecule has 0 radical (unpaired) electrons. The van der Waals surface area contributed by atoms with Crippen LogP contribution >= 0.6 is 0 Å². The van der Waals surface area contributed by atoms with Gasteiger partial charge >= 0.3 is 0 Å². The lowest BCUT2D eigenvalue weighted by molar-refractivity contribution is 1.17. The standard InChI is InChI=1S/C13H15N3/c1-10-5-3-4-6-12(10)16(2)13-7-8-15-9-11(13)14/h3-9H,14H2,1-2H3. The molecule has 82 valence electrons. The largest absolute Gasteiger partial charge is 0.396 e. The van der Waals surface area contributed by atoms with E-state index in [4.69, 9.17) is 5.73 Å². The number of benzene rings is 1. The lowest BCUT2D eigenvalue weighted by atomic mass is 10.1. The second kappa shape index (κ2) is 4.23. The Labute approximate surface area is 95.5 Å². The van der Waals surface area contributed by atoms with Crippen molar-refractivity contribution in [2.45, 2.75) is 6.92 Å². The normalized spacial score (nSPS) is 10.1. The zero-order chi connectivity index (χ0) is 11.5. The average Bonchev–Trinajstić information content (AvgIpc) is 2.29. The van der Waals surface area contributed by atoms with E-state index < -0.39 is 0 Å². The summed E-state index contributed by atoms with van der Waals surface area (Å²) in [6.45, 7) is 2.09. The molecule has 1 heterocycles. The Bertz CT molecular complexity index is 449. The van der Waals surface area contributed by atoms with Gasteiger partial charge in [-0.25, -0.2) is 0 Å². The van der Waals surface area contributed by atoms with Crippen LogP contribution in [0.15, 0.2) is 42.7 Å². The highest BCUT2D eigenvalue weighted by atomic mass is 15.1. The molecule has 3 heteroatoms. The van der Waals surface area contributed by atoms with E-state index in [1.54, 1.807) is 12.4 Å². The lowest BCUT2D eigenvalue weighted by Crippen LogP contribution is -2.12. The minimum atomic E-state index is 0.688. The molecule has 0 aliphatic rings. The molecule has 0 aliphatic carbocycles. The molecule has 0 fully saturated rings. The maximum absolute atomic E-state index is 5.90. The molecule has 0 spiro atoms. The van der Waals surface area contributed by atoms with Gasteiger partial charge in [0.1, 0.15) is 0 Å². The fraction of sp³-hybridized carbons (Fsp3) is 0.154. The van der Waals surface area contributed by atoms with E-state index in [1.165, 1.54) is 5.56 Å². The molecular weight excluding hydrogens is 198 g/mol. The van der Waals surface area contributed by atoms with Gasteiger partial charge in [0.25, 0.3) is 0 Å². The summed E-state index contributed by atoms with van der Waals surface area (Å²) in [7, 11) is 2.01. The Balaban J connectivity index is 2.44. The minimum absolute atomic E-state index is 0.688. The zero-order valence-corrected chi connectivity index (χ0v) is 9.51. The van der Waals surface area contributed by atoms with Crippen molar-refractivity contribution < 1.29 is 0 Å². The van der Waals surface area contributed by atoms with E-state index in [1.807, 2.05) is 25.2 Å². The van der Waals surface area contributed by atoms with E-state index in [0.717, 1.165) is 11.4 Å². The lowest BCUT2D eigenvalue weighted by Gasteiger charge is -2.22. The quantitative estimate of drug-likeness (QED) is 0.834. The highest BCUT2D eigenvalue weighted by Gasteiger charge is 2.08. The van der Waals surface area contributed by atoms with E-state index in [-0.39, 0.29) is 0 Å². The van der Waals surface area contributed by atoms with E-state index in [2.05, 4.69) is 28.9 Å². The molecule has 0 unspecified atom stereocenters. The third-order valence-electron chi connectivity index (χ3n) is 2.67. The average molecular weight is 213 g/mol. The summed E-state index contributed by atoms with van der Waals surface area (Å²) in [6, 6.07) is 10.1. The molecule has 0 aliphatic heterocycles. The molecule has 2 rings (SSSR count).